The van der Waals surface area contributed by atoms with Gasteiger partial charge in [-0.15, -0.1) is 0 Å². The molecule has 1 heterocycles. The molecule has 1 unspecified atom stereocenters. The molecule has 0 radical (unpaired) electrons. The lowest BCUT2D eigenvalue weighted by Crippen LogP contribution is -2.38. The largest absolute Gasteiger partial charge is 0.309 e. The van der Waals surface area contributed by atoms with Gasteiger partial charge in [0.1, 0.15) is 0 Å². The molecule has 3 rings (SSSR count). The number of likely N-dealkylation sites (tertiary alicyclic amines) is 1. The number of rotatable bonds is 4. The third kappa shape index (κ3) is 3.01. The van der Waals surface area contributed by atoms with Crippen molar-refractivity contribution in [3.8, 4) is 0 Å². The lowest BCUT2D eigenvalue weighted by atomic mass is 10.2. The molecule has 0 aromatic heterocycles. The van der Waals surface area contributed by atoms with E-state index in [1.807, 2.05) is 0 Å². The van der Waals surface area contributed by atoms with Gasteiger partial charge >= 0.3 is 0 Å². The van der Waals surface area contributed by atoms with Crippen LogP contribution in [0.15, 0.2) is 42.5 Å². The zero-order chi connectivity index (χ0) is 12.2. The summed E-state index contributed by atoms with van der Waals surface area (Å²) >= 11 is 0. The topological polar surface area (TPSA) is 15.3 Å². The van der Waals surface area contributed by atoms with Crippen molar-refractivity contribution < 1.29 is 0 Å². The molecule has 1 aromatic carbocycles. The zero-order valence-electron chi connectivity index (χ0n) is 10.9. The van der Waals surface area contributed by atoms with Crippen molar-refractivity contribution in [1.29, 1.82) is 0 Å². The number of benzene rings is 1. The molecule has 1 aromatic rings. The van der Waals surface area contributed by atoms with Crippen molar-refractivity contribution in [2.75, 3.05) is 13.1 Å². The minimum atomic E-state index is 0.693. The van der Waals surface area contributed by atoms with E-state index in [1.54, 1.807) is 0 Å². The highest BCUT2D eigenvalue weighted by molar-refractivity contribution is 5.14. The molecular formula is C16H22N2. The monoisotopic (exact) mass is 242 g/mol. The molecule has 2 heteroatoms. The summed E-state index contributed by atoms with van der Waals surface area (Å²) in [5, 5.41) is 3.79. The minimum absolute atomic E-state index is 0.693. The van der Waals surface area contributed by atoms with Crippen LogP contribution in [0.25, 0.3) is 0 Å². The number of nitrogens with zero attached hydrogens (tertiary/aromatic N) is 1. The van der Waals surface area contributed by atoms with E-state index < -0.39 is 0 Å². The Balaban J connectivity index is 1.46. The van der Waals surface area contributed by atoms with Gasteiger partial charge in [-0.2, -0.15) is 0 Å². The molecule has 0 bridgehead atoms. The van der Waals surface area contributed by atoms with Crippen molar-refractivity contribution in [3.05, 3.63) is 48.0 Å². The Morgan fingerprint density at radius 2 is 1.83 bits per heavy atom. The van der Waals surface area contributed by atoms with Crippen LogP contribution >= 0.6 is 0 Å². The summed E-state index contributed by atoms with van der Waals surface area (Å²) in [6, 6.07) is 12.2. The average Bonchev–Trinajstić information content (AvgIpc) is 3.03. The first-order chi connectivity index (χ1) is 8.90. The van der Waals surface area contributed by atoms with Gasteiger partial charge in [0.05, 0.1) is 0 Å². The Bertz CT molecular complexity index is 391. The summed E-state index contributed by atoms with van der Waals surface area (Å²) in [6.45, 7) is 3.53. The van der Waals surface area contributed by atoms with E-state index in [9.17, 15) is 0 Å². The van der Waals surface area contributed by atoms with Crippen molar-refractivity contribution in [1.82, 2.24) is 10.2 Å². The standard InChI is InChI=1S/C16H22N2/c1-2-6-14(7-3-1)12-18-11-10-16(13-18)17-15-8-4-5-9-15/h1-7,15-17H,8-13H2. The summed E-state index contributed by atoms with van der Waals surface area (Å²) in [7, 11) is 0. The highest BCUT2D eigenvalue weighted by Gasteiger charge is 2.24. The van der Waals surface area contributed by atoms with Gasteiger partial charge in [-0.05, 0) is 24.8 Å². The molecule has 0 amide bonds. The van der Waals surface area contributed by atoms with Crippen molar-refractivity contribution in [2.24, 2.45) is 0 Å². The van der Waals surface area contributed by atoms with Gasteiger partial charge in [0, 0.05) is 31.7 Å². The van der Waals surface area contributed by atoms with E-state index >= 15 is 0 Å². The highest BCUT2D eigenvalue weighted by atomic mass is 15.2. The maximum Gasteiger partial charge on any atom is 0.0234 e. The fourth-order valence-corrected chi connectivity index (χ4v) is 3.04. The molecule has 1 aliphatic carbocycles. The van der Waals surface area contributed by atoms with Gasteiger partial charge in [0.2, 0.25) is 0 Å². The predicted octanol–water partition coefficient (Wildman–Crippen LogP) is 2.57. The van der Waals surface area contributed by atoms with Crippen LogP contribution in [0.5, 0.6) is 0 Å². The van der Waals surface area contributed by atoms with E-state index in [4.69, 9.17) is 0 Å². The maximum absolute atomic E-state index is 3.79. The fourth-order valence-electron chi connectivity index (χ4n) is 3.04. The quantitative estimate of drug-likeness (QED) is 0.816. The Kier molecular flexibility index (Phi) is 3.77. The summed E-state index contributed by atoms with van der Waals surface area (Å²) in [4.78, 5) is 2.56. The van der Waals surface area contributed by atoms with Crippen LogP contribution in [0, 0.1) is 0 Å². The van der Waals surface area contributed by atoms with Crippen molar-refractivity contribution in [3.63, 3.8) is 0 Å². The van der Waals surface area contributed by atoms with Gasteiger partial charge < -0.3 is 5.32 Å². The van der Waals surface area contributed by atoms with Crippen LogP contribution in [0.1, 0.15) is 24.8 Å². The Morgan fingerprint density at radius 1 is 1.06 bits per heavy atom. The number of hydrogen-bond donors (Lipinski definition) is 1. The molecule has 1 saturated heterocycles. The average molecular weight is 242 g/mol. The van der Waals surface area contributed by atoms with E-state index in [-0.39, 0.29) is 0 Å². The molecular weight excluding hydrogens is 220 g/mol. The first kappa shape index (κ1) is 11.9. The second-order valence-corrected chi connectivity index (χ2v) is 5.51. The molecule has 1 N–H and O–H groups in total. The summed E-state index contributed by atoms with van der Waals surface area (Å²) in [5.41, 5.74) is 1.43. The maximum atomic E-state index is 3.79. The molecule has 1 fully saturated rings. The van der Waals surface area contributed by atoms with Crippen LogP contribution in [0.4, 0.5) is 0 Å². The molecule has 1 aliphatic heterocycles. The van der Waals surface area contributed by atoms with E-state index in [1.165, 1.54) is 37.9 Å². The summed E-state index contributed by atoms with van der Waals surface area (Å²) < 4.78 is 0. The second kappa shape index (κ2) is 5.68. The van der Waals surface area contributed by atoms with Crippen LogP contribution in [0.3, 0.4) is 0 Å². The van der Waals surface area contributed by atoms with Crippen LogP contribution in [-0.2, 0) is 6.54 Å². The third-order valence-corrected chi connectivity index (χ3v) is 4.00. The lowest BCUT2D eigenvalue weighted by Gasteiger charge is -2.20. The molecule has 0 saturated carbocycles. The Morgan fingerprint density at radius 3 is 2.61 bits per heavy atom. The SMILES string of the molecule is C1=CCC(NC2CCN(Cc3ccccc3)C2)C1. The smallest absolute Gasteiger partial charge is 0.0234 e. The number of hydrogen-bond acceptors (Lipinski definition) is 2. The first-order valence-electron chi connectivity index (χ1n) is 7.07. The third-order valence-electron chi connectivity index (χ3n) is 4.00. The highest BCUT2D eigenvalue weighted by Crippen LogP contribution is 2.17. The minimum Gasteiger partial charge on any atom is -0.309 e. The summed E-state index contributed by atoms with van der Waals surface area (Å²) in [5.74, 6) is 0. The van der Waals surface area contributed by atoms with Crippen LogP contribution in [0.2, 0.25) is 0 Å². The normalized spacial score (nSPS) is 25.0. The zero-order valence-corrected chi connectivity index (χ0v) is 10.9. The van der Waals surface area contributed by atoms with Crippen LogP contribution < -0.4 is 5.32 Å². The van der Waals surface area contributed by atoms with Crippen molar-refractivity contribution >= 4 is 0 Å². The van der Waals surface area contributed by atoms with Gasteiger partial charge in [-0.25, -0.2) is 0 Å². The lowest BCUT2D eigenvalue weighted by molar-refractivity contribution is 0.315. The predicted molar refractivity (Wildman–Crippen MR) is 75.4 cm³/mol. The summed E-state index contributed by atoms with van der Waals surface area (Å²) in [6.07, 6.45) is 8.33. The number of nitrogens with one attached hydrogen (secondary N) is 1. The fraction of sp³-hybridized carbons (Fsp3) is 0.500. The van der Waals surface area contributed by atoms with E-state index in [0.29, 0.717) is 12.1 Å². The van der Waals surface area contributed by atoms with Gasteiger partial charge in [-0.3, -0.25) is 4.90 Å². The molecule has 96 valence electrons. The molecule has 1 atom stereocenters. The van der Waals surface area contributed by atoms with Gasteiger partial charge in [0.15, 0.2) is 0 Å². The Hall–Kier alpha value is -1.12. The molecule has 2 aliphatic rings. The molecule has 18 heavy (non-hydrogen) atoms. The first-order valence-corrected chi connectivity index (χ1v) is 7.07. The van der Waals surface area contributed by atoms with E-state index in [2.05, 4.69) is 52.7 Å². The van der Waals surface area contributed by atoms with Crippen LogP contribution in [-0.4, -0.2) is 30.1 Å². The second-order valence-electron chi connectivity index (χ2n) is 5.51. The van der Waals surface area contributed by atoms with Gasteiger partial charge in [-0.1, -0.05) is 42.5 Å². The van der Waals surface area contributed by atoms with Gasteiger partial charge in [0.25, 0.3) is 0 Å². The van der Waals surface area contributed by atoms with E-state index in [0.717, 1.165) is 6.54 Å². The Labute approximate surface area is 110 Å². The molecule has 2 nitrogen and oxygen atoms in total. The molecule has 0 spiro atoms. The van der Waals surface area contributed by atoms with Crippen molar-refractivity contribution in [2.45, 2.75) is 37.9 Å².